The maximum atomic E-state index is 2.49. The maximum Gasteiger partial charge on any atom is 0.179 e. The monoisotopic (exact) mass is 831 g/mol. The van der Waals surface area contributed by atoms with Crippen LogP contribution in [0.25, 0.3) is 82.8 Å². The fourth-order valence-electron chi connectivity index (χ4n) is 10.9. The molecule has 0 bridgehead atoms. The molecular formula is C60H41N3Si. The molecule has 0 spiro atoms. The van der Waals surface area contributed by atoms with E-state index >= 15 is 0 Å². The van der Waals surface area contributed by atoms with Gasteiger partial charge in [0.05, 0.1) is 33.1 Å². The van der Waals surface area contributed by atoms with E-state index in [2.05, 4.69) is 262 Å². The van der Waals surface area contributed by atoms with Crippen molar-refractivity contribution in [2.45, 2.75) is 0 Å². The Morgan fingerprint density at radius 3 is 1.28 bits per heavy atom. The van der Waals surface area contributed by atoms with Crippen LogP contribution in [-0.4, -0.2) is 21.8 Å². The number of rotatable bonds is 8. The molecule has 0 aliphatic rings. The van der Waals surface area contributed by atoms with Crippen LogP contribution in [0, 0.1) is 0 Å². The Balaban J connectivity index is 1.03. The van der Waals surface area contributed by atoms with Crippen LogP contribution < -0.4 is 20.7 Å². The van der Waals surface area contributed by atoms with Gasteiger partial charge in [0.25, 0.3) is 0 Å². The molecule has 3 nitrogen and oxygen atoms in total. The standard InChI is InChI=1S/C60H41N3Si/c1-5-19-42(20-6-1)43-21-15-29-49(39-43)64(47-25-9-3-10-26-47,48-27-11-4-12-28-48)50-30-16-24-45(40-50)62-53-32-14-13-31-51(53)52-41-46(37-38-54(52)62)63-57-35-17-33-55-59(57)60-56(34-18-36-58(60)63)61(55)44-22-7-2-8-23-44/h1-41H. The van der Waals surface area contributed by atoms with Crippen LogP contribution in [0.3, 0.4) is 0 Å². The number of hydrogen-bond acceptors (Lipinski definition) is 0. The summed E-state index contributed by atoms with van der Waals surface area (Å²) < 4.78 is 7.36. The lowest BCUT2D eigenvalue weighted by atomic mass is 10.1. The van der Waals surface area contributed by atoms with Gasteiger partial charge in [0.1, 0.15) is 0 Å². The van der Waals surface area contributed by atoms with Crippen LogP contribution in [0.5, 0.6) is 0 Å². The third-order valence-electron chi connectivity index (χ3n) is 13.5. The van der Waals surface area contributed by atoms with Crippen molar-refractivity contribution in [3.8, 4) is 28.2 Å². The van der Waals surface area contributed by atoms with Crippen molar-refractivity contribution in [2.75, 3.05) is 0 Å². The Morgan fingerprint density at radius 1 is 0.234 bits per heavy atom. The summed E-state index contributed by atoms with van der Waals surface area (Å²) >= 11 is 0. The highest BCUT2D eigenvalue weighted by molar-refractivity contribution is 7.20. The van der Waals surface area contributed by atoms with Crippen LogP contribution in [0.4, 0.5) is 0 Å². The fourth-order valence-corrected chi connectivity index (χ4v) is 15.7. The number of fused-ring (bicyclic) bond motifs is 3. The zero-order valence-corrected chi connectivity index (χ0v) is 36.0. The lowest BCUT2D eigenvalue weighted by molar-refractivity contribution is 1.15. The predicted octanol–water partition coefficient (Wildman–Crippen LogP) is 12.3. The van der Waals surface area contributed by atoms with E-state index in [1.54, 1.807) is 0 Å². The first-order valence-electron chi connectivity index (χ1n) is 22.1. The molecule has 0 saturated heterocycles. The first kappa shape index (κ1) is 36.5. The zero-order chi connectivity index (χ0) is 42.2. The molecule has 0 atom stereocenters. The predicted molar refractivity (Wildman–Crippen MR) is 272 cm³/mol. The van der Waals surface area contributed by atoms with E-state index in [-0.39, 0.29) is 0 Å². The third kappa shape index (κ3) is 5.33. The van der Waals surface area contributed by atoms with Crippen molar-refractivity contribution >= 4 is 83.5 Å². The molecule has 0 N–H and O–H groups in total. The van der Waals surface area contributed by atoms with E-state index in [0.717, 1.165) is 11.4 Å². The van der Waals surface area contributed by atoms with Crippen molar-refractivity contribution < 1.29 is 0 Å². The van der Waals surface area contributed by atoms with E-state index in [4.69, 9.17) is 0 Å². The molecule has 10 aromatic carbocycles. The van der Waals surface area contributed by atoms with Gasteiger partial charge in [0, 0.05) is 38.6 Å². The molecule has 13 rings (SSSR count). The molecule has 0 amide bonds. The smallest absolute Gasteiger partial charge is 0.179 e. The summed E-state index contributed by atoms with van der Waals surface area (Å²) in [6.45, 7) is 0. The Hall–Kier alpha value is -8.18. The lowest BCUT2D eigenvalue weighted by Gasteiger charge is -2.35. The van der Waals surface area contributed by atoms with Gasteiger partial charge in [0.2, 0.25) is 0 Å². The van der Waals surface area contributed by atoms with E-state index in [9.17, 15) is 0 Å². The molecule has 4 heteroatoms. The molecule has 64 heavy (non-hydrogen) atoms. The van der Waals surface area contributed by atoms with E-state index < -0.39 is 8.07 Å². The average Bonchev–Trinajstić information content (AvgIpc) is 4.02. The molecule has 13 aromatic rings. The van der Waals surface area contributed by atoms with Crippen LogP contribution in [0.15, 0.2) is 249 Å². The van der Waals surface area contributed by atoms with Crippen LogP contribution in [-0.2, 0) is 0 Å². The fraction of sp³-hybridized carbons (Fsp3) is 0. The van der Waals surface area contributed by atoms with Gasteiger partial charge < -0.3 is 13.7 Å². The van der Waals surface area contributed by atoms with Crippen molar-refractivity contribution in [2.24, 2.45) is 0 Å². The number of nitrogens with zero attached hydrogens (tertiary/aromatic N) is 3. The highest BCUT2D eigenvalue weighted by Crippen LogP contribution is 2.43. The summed E-state index contributed by atoms with van der Waals surface area (Å²) in [6, 6.07) is 92.2. The molecule has 300 valence electrons. The van der Waals surface area contributed by atoms with Gasteiger partial charge in [0.15, 0.2) is 8.07 Å². The minimum absolute atomic E-state index is 1.15. The quantitative estimate of drug-likeness (QED) is 0.107. The minimum atomic E-state index is -2.89. The van der Waals surface area contributed by atoms with Gasteiger partial charge in [-0.05, 0) is 105 Å². The summed E-state index contributed by atoms with van der Waals surface area (Å²) in [5.74, 6) is 0. The van der Waals surface area contributed by atoms with Crippen molar-refractivity contribution in [3.05, 3.63) is 249 Å². The van der Waals surface area contributed by atoms with Gasteiger partial charge in [-0.25, -0.2) is 0 Å². The minimum Gasteiger partial charge on any atom is -0.309 e. The highest BCUT2D eigenvalue weighted by Gasteiger charge is 2.42. The summed E-state index contributed by atoms with van der Waals surface area (Å²) in [4.78, 5) is 0. The molecule has 0 aliphatic carbocycles. The summed E-state index contributed by atoms with van der Waals surface area (Å²) in [5, 5.41) is 10.5. The van der Waals surface area contributed by atoms with Gasteiger partial charge >= 0.3 is 0 Å². The maximum absolute atomic E-state index is 2.89. The highest BCUT2D eigenvalue weighted by atomic mass is 28.3. The number of aromatic nitrogens is 3. The molecule has 3 heterocycles. The van der Waals surface area contributed by atoms with E-state index in [1.165, 1.54) is 92.2 Å². The Kier molecular flexibility index (Phi) is 8.23. The van der Waals surface area contributed by atoms with Crippen molar-refractivity contribution in [3.63, 3.8) is 0 Å². The first-order chi connectivity index (χ1) is 31.8. The van der Waals surface area contributed by atoms with Gasteiger partial charge in [-0.2, -0.15) is 0 Å². The van der Waals surface area contributed by atoms with E-state index in [0.29, 0.717) is 0 Å². The lowest BCUT2D eigenvalue weighted by Crippen LogP contribution is -2.74. The van der Waals surface area contributed by atoms with Crippen molar-refractivity contribution in [1.29, 1.82) is 0 Å². The molecule has 0 aliphatic heterocycles. The first-order valence-corrected chi connectivity index (χ1v) is 24.1. The summed E-state index contributed by atoms with van der Waals surface area (Å²) in [5.41, 5.74) is 13.2. The Labute approximate surface area is 372 Å². The molecule has 0 radical (unpaired) electrons. The molecule has 3 aromatic heterocycles. The Bertz CT molecular complexity index is 3720. The van der Waals surface area contributed by atoms with Gasteiger partial charge in [-0.15, -0.1) is 0 Å². The zero-order valence-electron chi connectivity index (χ0n) is 35.0. The number of benzene rings is 10. The second kappa shape index (κ2) is 14.5. The largest absolute Gasteiger partial charge is 0.309 e. The second-order valence-electron chi connectivity index (χ2n) is 16.9. The average molecular weight is 832 g/mol. The topological polar surface area (TPSA) is 14.8 Å². The van der Waals surface area contributed by atoms with E-state index in [1.807, 2.05) is 0 Å². The summed E-state index contributed by atoms with van der Waals surface area (Å²) in [6.07, 6.45) is 0. The number of hydrogen-bond donors (Lipinski definition) is 0. The third-order valence-corrected chi connectivity index (χ3v) is 18.3. The molecular weight excluding hydrogens is 791 g/mol. The molecule has 0 unspecified atom stereocenters. The number of para-hydroxylation sites is 2. The summed E-state index contributed by atoms with van der Waals surface area (Å²) in [7, 11) is -2.89. The van der Waals surface area contributed by atoms with Crippen LogP contribution >= 0.6 is 0 Å². The van der Waals surface area contributed by atoms with Crippen LogP contribution in [0.2, 0.25) is 0 Å². The second-order valence-corrected chi connectivity index (χ2v) is 20.7. The molecule has 0 fully saturated rings. The van der Waals surface area contributed by atoms with Crippen LogP contribution in [0.1, 0.15) is 0 Å². The Morgan fingerprint density at radius 2 is 0.641 bits per heavy atom. The normalized spacial score (nSPS) is 12.1. The molecule has 0 saturated carbocycles. The van der Waals surface area contributed by atoms with Gasteiger partial charge in [-0.1, -0.05) is 176 Å². The van der Waals surface area contributed by atoms with Crippen molar-refractivity contribution in [1.82, 2.24) is 13.7 Å². The SMILES string of the molecule is c1ccc(-c2cccc([Si](c3ccccc3)(c3ccccc3)c3cccc(-n4c5ccccc5c5cc(-n6c7cccc8c7c7c(cccc76)n8-c6ccccc6)ccc54)c3)c2)cc1. The van der Waals surface area contributed by atoms with Gasteiger partial charge in [-0.3, -0.25) is 0 Å².